The number of carbonyl (C=O) groups excluding carboxylic acids is 1. The second kappa shape index (κ2) is 4.94. The molecule has 1 heterocycles. The van der Waals surface area contributed by atoms with Gasteiger partial charge in [0.2, 0.25) is 0 Å². The van der Waals surface area contributed by atoms with Gasteiger partial charge in [0.1, 0.15) is 12.7 Å². The van der Waals surface area contributed by atoms with Gasteiger partial charge in [-0.2, -0.15) is 0 Å². The zero-order valence-corrected chi connectivity index (χ0v) is 9.91. The topological polar surface area (TPSA) is 44.8 Å². The van der Waals surface area contributed by atoms with Crippen molar-refractivity contribution in [2.24, 2.45) is 5.92 Å². The molecule has 15 heavy (non-hydrogen) atoms. The average Bonchev–Trinajstić information content (AvgIpc) is 2.57. The van der Waals surface area contributed by atoms with Crippen LogP contribution in [0.5, 0.6) is 0 Å². The quantitative estimate of drug-likeness (QED) is 0.671. The number of esters is 1. The van der Waals surface area contributed by atoms with Crippen LogP contribution in [0.4, 0.5) is 0 Å². The van der Waals surface area contributed by atoms with E-state index in [1.165, 1.54) is 0 Å². The predicted octanol–water partition coefficient (Wildman–Crippen LogP) is 1.73. The van der Waals surface area contributed by atoms with Gasteiger partial charge in [-0.1, -0.05) is 20.8 Å². The van der Waals surface area contributed by atoms with Crippen LogP contribution in [0.25, 0.3) is 0 Å². The normalized spacial score (nSPS) is 30.9. The first-order valence-electron chi connectivity index (χ1n) is 5.45. The molecule has 1 rings (SSSR count). The smallest absolute Gasteiger partial charge is 0.308 e. The molecule has 1 saturated heterocycles. The van der Waals surface area contributed by atoms with Gasteiger partial charge in [0.25, 0.3) is 0 Å². The largest absolute Gasteiger partial charge is 0.463 e. The Morgan fingerprint density at radius 1 is 1.60 bits per heavy atom. The van der Waals surface area contributed by atoms with Crippen LogP contribution in [-0.4, -0.2) is 31.1 Å². The maximum absolute atomic E-state index is 11.2. The molecule has 4 nitrogen and oxygen atoms in total. The number of ether oxygens (including phenoxy) is 3. The molecular formula is C11H20O4. The van der Waals surface area contributed by atoms with Crippen LogP contribution in [-0.2, 0) is 19.0 Å². The monoisotopic (exact) mass is 216 g/mol. The van der Waals surface area contributed by atoms with Gasteiger partial charge in [0.15, 0.2) is 5.79 Å². The molecule has 4 heteroatoms. The molecule has 0 radical (unpaired) electrons. The minimum atomic E-state index is -0.505. The zero-order chi connectivity index (χ0) is 11.5. The molecule has 0 aromatic carbocycles. The molecule has 0 aromatic heterocycles. The minimum absolute atomic E-state index is 0.0927. The van der Waals surface area contributed by atoms with Crippen LogP contribution in [0.1, 0.15) is 34.1 Å². The number of carbonyl (C=O) groups is 1. The van der Waals surface area contributed by atoms with Crippen molar-refractivity contribution in [1.82, 2.24) is 0 Å². The molecule has 88 valence electrons. The SMILES string of the molecule is CCC1(C)OCC(COC(=O)C(C)C)O1. The Morgan fingerprint density at radius 3 is 2.73 bits per heavy atom. The highest BCUT2D eigenvalue weighted by Crippen LogP contribution is 2.26. The van der Waals surface area contributed by atoms with E-state index in [4.69, 9.17) is 14.2 Å². The summed E-state index contributed by atoms with van der Waals surface area (Å²) in [4.78, 5) is 11.2. The summed E-state index contributed by atoms with van der Waals surface area (Å²) in [5.74, 6) is -0.789. The van der Waals surface area contributed by atoms with E-state index >= 15 is 0 Å². The molecule has 0 bridgehead atoms. The Bertz CT molecular complexity index is 227. The summed E-state index contributed by atoms with van der Waals surface area (Å²) in [6, 6.07) is 0. The van der Waals surface area contributed by atoms with Crippen LogP contribution >= 0.6 is 0 Å². The first-order chi connectivity index (χ1) is 6.97. The van der Waals surface area contributed by atoms with Crippen molar-refractivity contribution in [2.75, 3.05) is 13.2 Å². The lowest BCUT2D eigenvalue weighted by Gasteiger charge is -2.21. The van der Waals surface area contributed by atoms with E-state index < -0.39 is 5.79 Å². The Hall–Kier alpha value is -0.610. The first kappa shape index (κ1) is 12.5. The molecule has 0 spiro atoms. The van der Waals surface area contributed by atoms with Gasteiger partial charge in [-0.05, 0) is 13.3 Å². The summed E-state index contributed by atoms with van der Waals surface area (Å²) in [6.07, 6.45) is 0.666. The van der Waals surface area contributed by atoms with Gasteiger partial charge in [-0.3, -0.25) is 4.79 Å². The summed E-state index contributed by atoms with van der Waals surface area (Å²) in [7, 11) is 0. The third-order valence-corrected chi connectivity index (χ3v) is 2.52. The van der Waals surface area contributed by atoms with Gasteiger partial charge in [0, 0.05) is 0 Å². The summed E-state index contributed by atoms with van der Waals surface area (Å²) < 4.78 is 16.2. The van der Waals surface area contributed by atoms with Crippen LogP contribution in [0, 0.1) is 5.92 Å². The maximum atomic E-state index is 11.2. The van der Waals surface area contributed by atoms with Gasteiger partial charge >= 0.3 is 5.97 Å². The van der Waals surface area contributed by atoms with Crippen molar-refractivity contribution >= 4 is 5.97 Å². The summed E-state index contributed by atoms with van der Waals surface area (Å²) in [5, 5.41) is 0. The van der Waals surface area contributed by atoms with E-state index in [0.717, 1.165) is 6.42 Å². The van der Waals surface area contributed by atoms with Crippen molar-refractivity contribution in [3.8, 4) is 0 Å². The Balaban J connectivity index is 2.28. The second-order valence-electron chi connectivity index (χ2n) is 4.32. The molecule has 2 unspecified atom stereocenters. The number of rotatable bonds is 4. The van der Waals surface area contributed by atoms with E-state index in [0.29, 0.717) is 6.61 Å². The van der Waals surface area contributed by atoms with Crippen molar-refractivity contribution in [3.05, 3.63) is 0 Å². The molecule has 1 fully saturated rings. The highest BCUT2D eigenvalue weighted by molar-refractivity contribution is 5.71. The molecule has 0 N–H and O–H groups in total. The third kappa shape index (κ3) is 3.47. The average molecular weight is 216 g/mol. The zero-order valence-electron chi connectivity index (χ0n) is 9.91. The van der Waals surface area contributed by atoms with Crippen molar-refractivity contribution in [2.45, 2.75) is 46.0 Å². The third-order valence-electron chi connectivity index (χ3n) is 2.52. The van der Waals surface area contributed by atoms with E-state index in [1.54, 1.807) is 0 Å². The van der Waals surface area contributed by atoms with Gasteiger partial charge in [0.05, 0.1) is 12.5 Å². The van der Waals surface area contributed by atoms with Crippen LogP contribution in [0.15, 0.2) is 0 Å². The Morgan fingerprint density at radius 2 is 2.27 bits per heavy atom. The lowest BCUT2D eigenvalue weighted by Crippen LogP contribution is -2.28. The Labute approximate surface area is 90.9 Å². The summed E-state index contributed by atoms with van der Waals surface area (Å²) in [5.41, 5.74) is 0. The van der Waals surface area contributed by atoms with Crippen LogP contribution in [0.2, 0.25) is 0 Å². The van der Waals surface area contributed by atoms with Crippen molar-refractivity contribution in [1.29, 1.82) is 0 Å². The lowest BCUT2D eigenvalue weighted by atomic mass is 10.2. The van der Waals surface area contributed by atoms with E-state index in [2.05, 4.69) is 0 Å². The fraction of sp³-hybridized carbons (Fsp3) is 0.909. The molecular weight excluding hydrogens is 196 g/mol. The maximum Gasteiger partial charge on any atom is 0.308 e. The van der Waals surface area contributed by atoms with Gasteiger partial charge in [-0.15, -0.1) is 0 Å². The number of hydrogen-bond acceptors (Lipinski definition) is 4. The molecule has 0 amide bonds. The fourth-order valence-corrected chi connectivity index (χ4v) is 1.30. The first-order valence-corrected chi connectivity index (χ1v) is 5.45. The Kier molecular flexibility index (Phi) is 4.11. The van der Waals surface area contributed by atoms with Crippen molar-refractivity contribution in [3.63, 3.8) is 0 Å². The van der Waals surface area contributed by atoms with Gasteiger partial charge in [-0.25, -0.2) is 0 Å². The molecule has 1 aliphatic heterocycles. The summed E-state index contributed by atoms with van der Waals surface area (Å²) >= 11 is 0. The van der Waals surface area contributed by atoms with E-state index in [1.807, 2.05) is 27.7 Å². The highest BCUT2D eigenvalue weighted by Gasteiger charge is 2.36. The highest BCUT2D eigenvalue weighted by atomic mass is 16.7. The molecule has 0 aliphatic carbocycles. The predicted molar refractivity (Wildman–Crippen MR) is 55.3 cm³/mol. The molecule has 0 saturated carbocycles. The minimum Gasteiger partial charge on any atom is -0.463 e. The van der Waals surface area contributed by atoms with E-state index in [-0.39, 0.29) is 24.6 Å². The van der Waals surface area contributed by atoms with Crippen LogP contribution < -0.4 is 0 Å². The van der Waals surface area contributed by atoms with Crippen molar-refractivity contribution < 1.29 is 19.0 Å². The standard InChI is InChI=1S/C11H20O4/c1-5-11(4)14-7-9(15-11)6-13-10(12)8(2)3/h8-9H,5-7H2,1-4H3. The van der Waals surface area contributed by atoms with E-state index in [9.17, 15) is 4.79 Å². The lowest BCUT2D eigenvalue weighted by molar-refractivity contribution is -0.168. The van der Waals surface area contributed by atoms with Gasteiger partial charge < -0.3 is 14.2 Å². The summed E-state index contributed by atoms with van der Waals surface area (Å²) in [6.45, 7) is 8.30. The second-order valence-corrected chi connectivity index (χ2v) is 4.32. The number of hydrogen-bond donors (Lipinski definition) is 0. The molecule has 0 aromatic rings. The fourth-order valence-electron chi connectivity index (χ4n) is 1.30. The molecule has 1 aliphatic rings. The van der Waals surface area contributed by atoms with Crippen LogP contribution in [0.3, 0.4) is 0 Å². The molecule has 2 atom stereocenters.